The molecule has 0 aliphatic heterocycles. The molecule has 0 unspecified atom stereocenters. The van der Waals surface area contributed by atoms with Crippen LogP contribution in [0.5, 0.6) is 5.75 Å². The van der Waals surface area contributed by atoms with Gasteiger partial charge in [0.2, 0.25) is 0 Å². The lowest BCUT2D eigenvalue weighted by Gasteiger charge is -2.21. The minimum atomic E-state index is -0.671. The van der Waals surface area contributed by atoms with Crippen molar-refractivity contribution in [3.63, 3.8) is 0 Å². The van der Waals surface area contributed by atoms with E-state index in [0.29, 0.717) is 30.3 Å². The van der Waals surface area contributed by atoms with Gasteiger partial charge in [-0.2, -0.15) is 0 Å². The fourth-order valence-electron chi connectivity index (χ4n) is 4.09. The van der Waals surface area contributed by atoms with Crippen molar-refractivity contribution in [3.05, 3.63) is 107 Å². The smallest absolute Gasteiger partial charge is 0.361 e. The molecular formula is C33H37N3O3. The van der Waals surface area contributed by atoms with Gasteiger partial charge in [0.05, 0.1) is 12.1 Å². The normalized spacial score (nSPS) is 11.8. The largest absolute Gasteiger partial charge is 0.484 e. The molecule has 4 aromatic rings. The molecule has 202 valence electrons. The van der Waals surface area contributed by atoms with Gasteiger partial charge in [0, 0.05) is 17.5 Å². The minimum Gasteiger partial charge on any atom is -0.484 e. The third kappa shape index (κ3) is 7.50. The number of hydrogen-bond donors (Lipinski definition) is 0. The Labute approximate surface area is 231 Å². The highest BCUT2D eigenvalue weighted by atomic mass is 16.6. The van der Waals surface area contributed by atoms with Crippen LogP contribution >= 0.6 is 0 Å². The Hall–Kier alpha value is -4.06. The maximum absolute atomic E-state index is 13.1. The molecule has 0 saturated carbocycles. The SMILES string of the molecule is Cc1nc(Cc2ccc(-c3ccc(C(C)(C)C)cc3)cn2)nc(C(=O)OC(C)(C)C)c1OCc1ccccc1. The number of rotatable bonds is 7. The third-order valence-corrected chi connectivity index (χ3v) is 6.15. The average molecular weight is 524 g/mol. The quantitative estimate of drug-likeness (QED) is 0.237. The predicted octanol–water partition coefficient (Wildman–Crippen LogP) is 7.27. The topological polar surface area (TPSA) is 74.2 Å². The van der Waals surface area contributed by atoms with Gasteiger partial charge in [0.15, 0.2) is 11.4 Å². The molecule has 0 saturated heterocycles. The lowest BCUT2D eigenvalue weighted by Crippen LogP contribution is -2.25. The Morgan fingerprint density at radius 2 is 1.49 bits per heavy atom. The van der Waals surface area contributed by atoms with Crippen LogP contribution in [0.15, 0.2) is 72.9 Å². The highest BCUT2D eigenvalue weighted by molar-refractivity contribution is 5.91. The molecule has 6 heteroatoms. The second kappa shape index (κ2) is 11.4. The van der Waals surface area contributed by atoms with E-state index < -0.39 is 11.6 Å². The van der Waals surface area contributed by atoms with E-state index in [4.69, 9.17) is 9.47 Å². The van der Waals surface area contributed by atoms with Gasteiger partial charge < -0.3 is 9.47 Å². The number of esters is 1. The molecular weight excluding hydrogens is 486 g/mol. The summed E-state index contributed by atoms with van der Waals surface area (Å²) < 4.78 is 11.7. The number of pyridine rings is 1. The molecule has 0 spiro atoms. The van der Waals surface area contributed by atoms with Crippen LogP contribution in [-0.4, -0.2) is 26.5 Å². The Balaban J connectivity index is 1.57. The fourth-order valence-corrected chi connectivity index (χ4v) is 4.09. The number of aromatic nitrogens is 3. The Bertz CT molecular complexity index is 1420. The molecule has 2 aromatic carbocycles. The van der Waals surface area contributed by atoms with Gasteiger partial charge in [-0.05, 0) is 55.9 Å². The van der Waals surface area contributed by atoms with Gasteiger partial charge >= 0.3 is 5.97 Å². The molecule has 0 atom stereocenters. The highest BCUT2D eigenvalue weighted by Gasteiger charge is 2.26. The molecule has 39 heavy (non-hydrogen) atoms. The van der Waals surface area contributed by atoms with E-state index in [1.807, 2.05) is 76.4 Å². The summed E-state index contributed by atoms with van der Waals surface area (Å²) in [6.07, 6.45) is 2.24. The number of benzene rings is 2. The van der Waals surface area contributed by atoms with Gasteiger partial charge in [-0.1, -0.05) is 81.4 Å². The number of hydrogen-bond acceptors (Lipinski definition) is 6. The first-order valence-electron chi connectivity index (χ1n) is 13.2. The molecule has 0 aliphatic rings. The van der Waals surface area contributed by atoms with Gasteiger partial charge in [0.25, 0.3) is 0 Å². The zero-order chi connectivity index (χ0) is 28.2. The average Bonchev–Trinajstić information content (AvgIpc) is 2.87. The van der Waals surface area contributed by atoms with Crippen LogP contribution in [-0.2, 0) is 23.2 Å². The summed E-state index contributed by atoms with van der Waals surface area (Å²) in [6, 6.07) is 22.4. The van der Waals surface area contributed by atoms with Gasteiger partial charge in [-0.15, -0.1) is 0 Å². The van der Waals surface area contributed by atoms with Crippen LogP contribution in [0.4, 0.5) is 0 Å². The van der Waals surface area contributed by atoms with E-state index >= 15 is 0 Å². The summed E-state index contributed by atoms with van der Waals surface area (Å²) in [5.74, 6) is 0.272. The van der Waals surface area contributed by atoms with Crippen molar-refractivity contribution in [2.24, 2.45) is 0 Å². The first kappa shape index (κ1) is 28.0. The summed E-state index contributed by atoms with van der Waals surface area (Å²) in [4.78, 5) is 27.0. The highest BCUT2D eigenvalue weighted by Crippen LogP contribution is 2.27. The van der Waals surface area contributed by atoms with E-state index in [1.165, 1.54) is 5.56 Å². The summed E-state index contributed by atoms with van der Waals surface area (Å²) in [5.41, 5.74) is 5.36. The summed E-state index contributed by atoms with van der Waals surface area (Å²) in [6.45, 7) is 14.2. The van der Waals surface area contributed by atoms with Crippen LogP contribution in [0, 0.1) is 6.92 Å². The van der Waals surface area contributed by atoms with Crippen molar-refractivity contribution in [1.29, 1.82) is 0 Å². The van der Waals surface area contributed by atoms with Crippen molar-refractivity contribution in [1.82, 2.24) is 15.0 Å². The van der Waals surface area contributed by atoms with Gasteiger partial charge in [-0.25, -0.2) is 14.8 Å². The third-order valence-electron chi connectivity index (χ3n) is 6.15. The zero-order valence-corrected chi connectivity index (χ0v) is 23.9. The van der Waals surface area contributed by atoms with Crippen molar-refractivity contribution < 1.29 is 14.3 Å². The van der Waals surface area contributed by atoms with Gasteiger partial charge in [0.1, 0.15) is 18.0 Å². The van der Waals surface area contributed by atoms with Crippen molar-refractivity contribution in [2.45, 2.75) is 72.5 Å². The van der Waals surface area contributed by atoms with E-state index in [9.17, 15) is 4.79 Å². The summed E-state index contributed by atoms with van der Waals surface area (Å²) in [5, 5.41) is 0. The van der Waals surface area contributed by atoms with Crippen molar-refractivity contribution in [2.75, 3.05) is 0 Å². The van der Waals surface area contributed by atoms with Gasteiger partial charge in [-0.3, -0.25) is 4.98 Å². The maximum atomic E-state index is 13.1. The Kier molecular flexibility index (Phi) is 8.14. The lowest BCUT2D eigenvalue weighted by atomic mass is 9.86. The second-order valence-electron chi connectivity index (χ2n) is 11.7. The van der Waals surface area contributed by atoms with E-state index in [1.54, 1.807) is 0 Å². The standard InChI is InChI=1S/C33H37N3O3/c1-22-30(38-21-23-11-9-8-10-12-23)29(31(37)39-33(5,6)7)36-28(35-22)19-27-18-15-25(20-34-27)24-13-16-26(17-14-24)32(2,3)4/h8-18,20H,19,21H2,1-7H3. The molecule has 2 aromatic heterocycles. The molecule has 4 rings (SSSR count). The number of ether oxygens (including phenoxy) is 2. The molecule has 0 N–H and O–H groups in total. The molecule has 0 amide bonds. The second-order valence-corrected chi connectivity index (χ2v) is 11.7. The first-order chi connectivity index (χ1) is 18.4. The summed E-state index contributed by atoms with van der Waals surface area (Å²) >= 11 is 0. The van der Waals surface area contributed by atoms with E-state index in [0.717, 1.165) is 22.4 Å². The van der Waals surface area contributed by atoms with Crippen LogP contribution in [0.2, 0.25) is 0 Å². The van der Waals surface area contributed by atoms with Crippen LogP contribution in [0.1, 0.15) is 80.4 Å². The molecule has 0 radical (unpaired) electrons. The molecule has 6 nitrogen and oxygen atoms in total. The first-order valence-corrected chi connectivity index (χ1v) is 13.2. The molecule has 0 bridgehead atoms. The molecule has 0 aliphatic carbocycles. The van der Waals surface area contributed by atoms with Crippen molar-refractivity contribution >= 4 is 5.97 Å². The van der Waals surface area contributed by atoms with Crippen LogP contribution in [0.25, 0.3) is 11.1 Å². The fraction of sp³-hybridized carbons (Fsp3) is 0.333. The van der Waals surface area contributed by atoms with Crippen molar-refractivity contribution in [3.8, 4) is 16.9 Å². The Morgan fingerprint density at radius 1 is 0.821 bits per heavy atom. The summed E-state index contributed by atoms with van der Waals surface area (Å²) in [7, 11) is 0. The number of aryl methyl sites for hydroxylation is 1. The van der Waals surface area contributed by atoms with Crippen LogP contribution in [0.3, 0.4) is 0 Å². The van der Waals surface area contributed by atoms with E-state index in [2.05, 4.69) is 60.0 Å². The molecule has 0 fully saturated rings. The minimum absolute atomic E-state index is 0.110. The number of nitrogens with zero attached hydrogens (tertiary/aromatic N) is 3. The number of carbonyl (C=O) groups is 1. The number of carbonyl (C=O) groups excluding carboxylic acids is 1. The van der Waals surface area contributed by atoms with E-state index in [-0.39, 0.29) is 11.1 Å². The van der Waals surface area contributed by atoms with Crippen LogP contribution < -0.4 is 4.74 Å². The monoisotopic (exact) mass is 523 g/mol. The Morgan fingerprint density at radius 3 is 2.08 bits per heavy atom. The maximum Gasteiger partial charge on any atom is 0.361 e. The zero-order valence-electron chi connectivity index (χ0n) is 23.9. The predicted molar refractivity (Wildman–Crippen MR) is 154 cm³/mol. The lowest BCUT2D eigenvalue weighted by molar-refractivity contribution is 0.00573. The molecule has 2 heterocycles.